The van der Waals surface area contributed by atoms with Gasteiger partial charge in [-0.3, -0.25) is 4.79 Å². The van der Waals surface area contributed by atoms with Gasteiger partial charge in [-0.05, 0) is 49.7 Å². The summed E-state index contributed by atoms with van der Waals surface area (Å²) in [5.74, 6) is 2.20. The fraction of sp³-hybridized carbons (Fsp3) is 0.583. The number of rotatable bonds is 9. The van der Waals surface area contributed by atoms with Crippen LogP contribution in [-0.4, -0.2) is 27.6 Å². The van der Waals surface area contributed by atoms with E-state index < -0.39 is 0 Å². The minimum atomic E-state index is -0.148. The maximum Gasteiger partial charge on any atom is 0.168 e. The molecule has 0 bridgehead atoms. The fourth-order valence-electron chi connectivity index (χ4n) is 4.54. The molecule has 0 fully saturated rings. The number of hydrogen-bond acceptors (Lipinski definition) is 4. The van der Waals surface area contributed by atoms with Crippen LogP contribution in [0.2, 0.25) is 0 Å². The minimum Gasteiger partial charge on any atom is -0.363 e. The standard InChI is InChI=1S/C24H35N3OS/c1-6-24(7-2,13-14-29-5)16-21(28)19-17-25-27-22(19)26-20(15-23(27,3)4)18-11-9-8-10-12-18/h8-12,17,20,26H,6-7,13-16H2,1-5H3. The normalized spacial score (nSPS) is 18.2. The Kier molecular flexibility index (Phi) is 6.77. The second-order valence-electron chi connectivity index (χ2n) is 8.99. The van der Waals surface area contributed by atoms with E-state index in [4.69, 9.17) is 0 Å². The van der Waals surface area contributed by atoms with Gasteiger partial charge in [0.15, 0.2) is 5.78 Å². The number of carbonyl (C=O) groups is 1. The van der Waals surface area contributed by atoms with E-state index in [0.717, 1.165) is 42.8 Å². The van der Waals surface area contributed by atoms with Crippen LogP contribution in [0, 0.1) is 5.41 Å². The topological polar surface area (TPSA) is 46.9 Å². The van der Waals surface area contributed by atoms with E-state index in [2.05, 4.69) is 68.6 Å². The smallest absolute Gasteiger partial charge is 0.168 e. The summed E-state index contributed by atoms with van der Waals surface area (Å²) in [7, 11) is 0. The number of nitrogens with zero attached hydrogens (tertiary/aromatic N) is 2. The summed E-state index contributed by atoms with van der Waals surface area (Å²) in [6.07, 6.45) is 8.60. The van der Waals surface area contributed by atoms with Gasteiger partial charge in [-0.1, -0.05) is 57.0 Å². The average Bonchev–Trinajstić information content (AvgIpc) is 3.17. The van der Waals surface area contributed by atoms with E-state index in [1.807, 2.05) is 22.5 Å². The quantitative estimate of drug-likeness (QED) is 0.490. The van der Waals surface area contributed by atoms with Gasteiger partial charge in [0, 0.05) is 6.42 Å². The maximum atomic E-state index is 13.4. The van der Waals surface area contributed by atoms with E-state index in [9.17, 15) is 4.79 Å². The van der Waals surface area contributed by atoms with Crippen molar-refractivity contribution >= 4 is 23.4 Å². The van der Waals surface area contributed by atoms with E-state index in [1.54, 1.807) is 6.20 Å². The van der Waals surface area contributed by atoms with Crippen molar-refractivity contribution in [2.24, 2.45) is 5.41 Å². The summed E-state index contributed by atoms with van der Waals surface area (Å²) in [6.45, 7) is 8.85. The minimum absolute atomic E-state index is 0.0813. The van der Waals surface area contributed by atoms with Gasteiger partial charge in [-0.15, -0.1) is 0 Å². The number of thioether (sulfide) groups is 1. The molecule has 0 amide bonds. The average molecular weight is 414 g/mol. The summed E-state index contributed by atoms with van der Waals surface area (Å²) in [5.41, 5.74) is 1.93. The van der Waals surface area contributed by atoms with Gasteiger partial charge in [0.1, 0.15) is 5.82 Å². The summed E-state index contributed by atoms with van der Waals surface area (Å²) >= 11 is 1.86. The largest absolute Gasteiger partial charge is 0.363 e. The lowest BCUT2D eigenvalue weighted by atomic mass is 9.75. The molecule has 1 atom stereocenters. The predicted molar refractivity (Wildman–Crippen MR) is 124 cm³/mol. The third kappa shape index (κ3) is 4.55. The number of carbonyl (C=O) groups excluding carboxylic acids is 1. The number of aromatic nitrogens is 2. The Hall–Kier alpha value is -1.75. The molecule has 2 aromatic rings. The van der Waals surface area contributed by atoms with Crippen molar-refractivity contribution in [3.8, 4) is 0 Å². The lowest BCUT2D eigenvalue weighted by Gasteiger charge is -2.38. The zero-order valence-corrected chi connectivity index (χ0v) is 19.3. The van der Waals surface area contributed by atoms with E-state index in [0.29, 0.717) is 6.42 Å². The lowest BCUT2D eigenvalue weighted by Crippen LogP contribution is -2.38. The van der Waals surface area contributed by atoms with Crippen molar-refractivity contribution in [1.29, 1.82) is 0 Å². The maximum absolute atomic E-state index is 13.4. The highest BCUT2D eigenvalue weighted by Gasteiger charge is 2.38. The van der Waals surface area contributed by atoms with Gasteiger partial charge in [-0.25, -0.2) is 4.68 Å². The Morgan fingerprint density at radius 2 is 1.97 bits per heavy atom. The summed E-state index contributed by atoms with van der Waals surface area (Å²) in [4.78, 5) is 13.4. The molecule has 29 heavy (non-hydrogen) atoms. The van der Waals surface area contributed by atoms with Crippen LogP contribution in [-0.2, 0) is 5.54 Å². The molecule has 5 heteroatoms. The van der Waals surface area contributed by atoms with Crippen LogP contribution < -0.4 is 5.32 Å². The fourth-order valence-corrected chi connectivity index (χ4v) is 5.17. The Morgan fingerprint density at radius 3 is 2.59 bits per heavy atom. The molecule has 1 aromatic carbocycles. The Labute approximate surface area is 179 Å². The highest BCUT2D eigenvalue weighted by molar-refractivity contribution is 7.98. The van der Waals surface area contributed by atoms with Gasteiger partial charge in [0.25, 0.3) is 0 Å². The lowest BCUT2D eigenvalue weighted by molar-refractivity contribution is 0.0894. The number of anilines is 1. The van der Waals surface area contributed by atoms with Crippen molar-refractivity contribution in [3.63, 3.8) is 0 Å². The van der Waals surface area contributed by atoms with Gasteiger partial charge < -0.3 is 5.32 Å². The molecule has 3 rings (SSSR count). The molecule has 0 saturated carbocycles. The first-order valence-corrected chi connectivity index (χ1v) is 12.2. The Balaban J connectivity index is 1.90. The highest BCUT2D eigenvalue weighted by Crippen LogP contribution is 2.42. The SMILES string of the molecule is CCC(CC)(CCSC)CC(=O)c1cnn2c1NC(c1ccccc1)CC2(C)C. The predicted octanol–water partition coefficient (Wildman–Crippen LogP) is 6.31. The molecule has 1 aliphatic heterocycles. The number of fused-ring (bicyclic) bond motifs is 1. The summed E-state index contributed by atoms with van der Waals surface area (Å²) < 4.78 is 2.02. The monoisotopic (exact) mass is 413 g/mol. The van der Waals surface area contributed by atoms with Crippen LogP contribution in [0.1, 0.15) is 81.8 Å². The number of nitrogens with one attached hydrogen (secondary N) is 1. The molecule has 1 aliphatic rings. The molecule has 0 radical (unpaired) electrons. The van der Waals surface area contributed by atoms with E-state index >= 15 is 0 Å². The molecular formula is C24H35N3OS. The molecule has 0 saturated heterocycles. The van der Waals surface area contributed by atoms with Gasteiger partial charge >= 0.3 is 0 Å². The second kappa shape index (κ2) is 8.95. The molecule has 1 aromatic heterocycles. The summed E-state index contributed by atoms with van der Waals surface area (Å²) in [6, 6.07) is 10.7. The second-order valence-corrected chi connectivity index (χ2v) is 9.98. The zero-order valence-electron chi connectivity index (χ0n) is 18.5. The van der Waals surface area contributed by atoms with Crippen LogP contribution >= 0.6 is 11.8 Å². The third-order valence-electron chi connectivity index (χ3n) is 6.73. The van der Waals surface area contributed by atoms with Gasteiger partial charge in [0.05, 0.1) is 23.3 Å². The van der Waals surface area contributed by atoms with E-state index in [-0.39, 0.29) is 22.8 Å². The molecule has 2 heterocycles. The zero-order chi connectivity index (χ0) is 21.1. The van der Waals surface area contributed by atoms with Crippen molar-refractivity contribution in [2.75, 3.05) is 17.3 Å². The van der Waals surface area contributed by atoms with Crippen molar-refractivity contribution in [3.05, 3.63) is 47.7 Å². The summed E-state index contributed by atoms with van der Waals surface area (Å²) in [5, 5.41) is 8.27. The first kappa shape index (κ1) is 21.9. The molecule has 0 spiro atoms. The van der Waals surface area contributed by atoms with Crippen LogP contribution in [0.4, 0.5) is 5.82 Å². The first-order valence-electron chi connectivity index (χ1n) is 10.8. The van der Waals surface area contributed by atoms with Crippen molar-refractivity contribution in [1.82, 2.24) is 9.78 Å². The van der Waals surface area contributed by atoms with Crippen LogP contribution in [0.3, 0.4) is 0 Å². The van der Waals surface area contributed by atoms with Crippen LogP contribution in [0.15, 0.2) is 36.5 Å². The first-order chi connectivity index (χ1) is 13.9. The number of hydrogen-bond donors (Lipinski definition) is 1. The third-order valence-corrected chi connectivity index (χ3v) is 7.34. The molecule has 1 N–H and O–H groups in total. The number of ketones is 1. The highest BCUT2D eigenvalue weighted by atomic mass is 32.2. The molecule has 0 aliphatic carbocycles. The van der Waals surface area contributed by atoms with Crippen molar-refractivity contribution in [2.45, 2.75) is 71.4 Å². The molecule has 4 nitrogen and oxygen atoms in total. The molecule has 158 valence electrons. The van der Waals surface area contributed by atoms with Crippen LogP contribution in [0.5, 0.6) is 0 Å². The number of Topliss-reactive ketones (excluding diaryl/α,β-unsaturated/α-hetero) is 1. The Morgan fingerprint density at radius 1 is 1.28 bits per heavy atom. The Bertz CT molecular complexity index is 824. The van der Waals surface area contributed by atoms with E-state index in [1.165, 1.54) is 5.56 Å². The van der Waals surface area contributed by atoms with Gasteiger partial charge in [0.2, 0.25) is 0 Å². The van der Waals surface area contributed by atoms with Gasteiger partial charge in [-0.2, -0.15) is 16.9 Å². The molecular weight excluding hydrogens is 378 g/mol. The van der Waals surface area contributed by atoms with Crippen molar-refractivity contribution < 1.29 is 4.79 Å². The number of benzene rings is 1. The molecule has 1 unspecified atom stereocenters. The van der Waals surface area contributed by atoms with Crippen LogP contribution in [0.25, 0.3) is 0 Å².